The molecule has 20 heavy (non-hydrogen) atoms. The van der Waals surface area contributed by atoms with Gasteiger partial charge in [-0.15, -0.1) is 0 Å². The molecule has 0 spiro atoms. The molecule has 1 amide bonds. The van der Waals surface area contributed by atoms with Crippen molar-refractivity contribution >= 4 is 16.8 Å². The third-order valence-electron chi connectivity index (χ3n) is 3.01. The molecular formula is C15H19N3O2. The van der Waals surface area contributed by atoms with Crippen molar-refractivity contribution in [2.75, 3.05) is 19.6 Å². The van der Waals surface area contributed by atoms with Crippen molar-refractivity contribution in [1.82, 2.24) is 15.6 Å². The molecule has 1 aromatic carbocycles. The molecule has 0 bridgehead atoms. The fraction of sp³-hybridized carbons (Fsp3) is 0.333. The number of carbonyl (C=O) groups is 1. The monoisotopic (exact) mass is 273 g/mol. The number of nitrogens with one attached hydrogen (secondary N) is 3. The van der Waals surface area contributed by atoms with Gasteiger partial charge in [-0.1, -0.05) is 25.1 Å². The highest BCUT2D eigenvalue weighted by atomic mass is 16.2. The number of hydrogen-bond donors (Lipinski definition) is 3. The summed E-state index contributed by atoms with van der Waals surface area (Å²) in [6.45, 7) is 4.29. The molecule has 106 valence electrons. The van der Waals surface area contributed by atoms with Crippen LogP contribution in [0.4, 0.5) is 0 Å². The Hall–Kier alpha value is -2.14. The zero-order chi connectivity index (χ0) is 14.4. The van der Waals surface area contributed by atoms with Gasteiger partial charge in [-0.2, -0.15) is 0 Å². The molecule has 0 radical (unpaired) electrons. The highest BCUT2D eigenvalue weighted by molar-refractivity contribution is 6.05. The van der Waals surface area contributed by atoms with E-state index in [1.165, 1.54) is 6.07 Å². The van der Waals surface area contributed by atoms with Gasteiger partial charge in [-0.25, -0.2) is 0 Å². The van der Waals surface area contributed by atoms with E-state index in [9.17, 15) is 9.59 Å². The summed E-state index contributed by atoms with van der Waals surface area (Å²) in [5, 5.41) is 6.79. The quantitative estimate of drug-likeness (QED) is 0.694. The normalized spacial score (nSPS) is 10.7. The summed E-state index contributed by atoms with van der Waals surface area (Å²) < 4.78 is 0. The first-order chi connectivity index (χ1) is 9.72. The van der Waals surface area contributed by atoms with Gasteiger partial charge in [0.1, 0.15) is 0 Å². The Labute approximate surface area is 117 Å². The number of pyridine rings is 1. The molecule has 5 nitrogen and oxygen atoms in total. The SMILES string of the molecule is CCCNCCNC(=O)c1cc(=O)[nH]c2ccccc12. The van der Waals surface area contributed by atoms with E-state index in [0.717, 1.165) is 24.9 Å². The van der Waals surface area contributed by atoms with Crippen molar-refractivity contribution in [3.8, 4) is 0 Å². The zero-order valence-corrected chi connectivity index (χ0v) is 11.5. The average molecular weight is 273 g/mol. The molecular weight excluding hydrogens is 254 g/mol. The Morgan fingerprint density at radius 2 is 2.00 bits per heavy atom. The number of H-pyrrole nitrogens is 1. The van der Waals surface area contributed by atoms with Crippen LogP contribution in [0.25, 0.3) is 10.9 Å². The molecule has 0 atom stereocenters. The smallest absolute Gasteiger partial charge is 0.252 e. The Kier molecular flexibility index (Phi) is 4.90. The minimum absolute atomic E-state index is 0.217. The maximum atomic E-state index is 12.2. The number of hydrogen-bond acceptors (Lipinski definition) is 3. The lowest BCUT2D eigenvalue weighted by Gasteiger charge is -2.08. The molecule has 0 fully saturated rings. The fourth-order valence-corrected chi connectivity index (χ4v) is 2.05. The minimum atomic E-state index is -0.266. The van der Waals surface area contributed by atoms with Crippen molar-refractivity contribution < 1.29 is 4.79 Å². The van der Waals surface area contributed by atoms with Crippen LogP contribution in [-0.2, 0) is 0 Å². The van der Waals surface area contributed by atoms with Gasteiger partial charge in [0.25, 0.3) is 5.91 Å². The van der Waals surface area contributed by atoms with Crippen LogP contribution in [-0.4, -0.2) is 30.5 Å². The van der Waals surface area contributed by atoms with E-state index in [1.54, 1.807) is 6.07 Å². The number of fused-ring (bicyclic) bond motifs is 1. The van der Waals surface area contributed by atoms with Crippen LogP contribution in [0.2, 0.25) is 0 Å². The van der Waals surface area contributed by atoms with Gasteiger partial charge in [-0.05, 0) is 19.0 Å². The van der Waals surface area contributed by atoms with Gasteiger partial charge in [0.2, 0.25) is 5.56 Å². The van der Waals surface area contributed by atoms with Crippen molar-refractivity contribution in [2.45, 2.75) is 13.3 Å². The molecule has 0 aliphatic heterocycles. The summed E-state index contributed by atoms with van der Waals surface area (Å²) in [4.78, 5) is 26.4. The van der Waals surface area contributed by atoms with Crippen LogP contribution in [0.15, 0.2) is 35.1 Å². The number of carbonyl (C=O) groups excluding carboxylic acids is 1. The van der Waals surface area contributed by atoms with E-state index in [1.807, 2.05) is 18.2 Å². The van der Waals surface area contributed by atoms with Gasteiger partial charge in [0.05, 0.1) is 5.56 Å². The highest BCUT2D eigenvalue weighted by Gasteiger charge is 2.10. The second-order valence-corrected chi connectivity index (χ2v) is 4.60. The predicted octanol–water partition coefficient (Wildman–Crippen LogP) is 1.26. The molecule has 0 saturated heterocycles. The van der Waals surface area contributed by atoms with E-state index in [4.69, 9.17) is 0 Å². The van der Waals surface area contributed by atoms with Crippen LogP contribution in [0, 0.1) is 0 Å². The van der Waals surface area contributed by atoms with Crippen molar-refractivity contribution in [1.29, 1.82) is 0 Å². The second-order valence-electron chi connectivity index (χ2n) is 4.60. The largest absolute Gasteiger partial charge is 0.351 e. The molecule has 5 heteroatoms. The van der Waals surface area contributed by atoms with Crippen LogP contribution in [0.3, 0.4) is 0 Å². The molecule has 0 aliphatic rings. The van der Waals surface area contributed by atoms with E-state index >= 15 is 0 Å². The van der Waals surface area contributed by atoms with Gasteiger partial charge in [0.15, 0.2) is 0 Å². The number of para-hydroxylation sites is 1. The Morgan fingerprint density at radius 1 is 1.20 bits per heavy atom. The van der Waals surface area contributed by atoms with Crippen molar-refractivity contribution in [3.05, 3.63) is 46.2 Å². The maximum Gasteiger partial charge on any atom is 0.252 e. The summed E-state index contributed by atoms with van der Waals surface area (Å²) in [5.41, 5.74) is 0.826. The molecule has 1 aromatic heterocycles. The molecule has 2 aromatic rings. The minimum Gasteiger partial charge on any atom is -0.351 e. The third kappa shape index (κ3) is 3.45. The van der Waals surface area contributed by atoms with Crippen LogP contribution in [0.5, 0.6) is 0 Å². The summed E-state index contributed by atoms with van der Waals surface area (Å²) in [6.07, 6.45) is 1.06. The molecule has 0 unspecified atom stereocenters. The summed E-state index contributed by atoms with van der Waals surface area (Å²) in [7, 11) is 0. The molecule has 0 aliphatic carbocycles. The van der Waals surface area contributed by atoms with Crippen molar-refractivity contribution in [2.24, 2.45) is 0 Å². The summed E-state index contributed by atoms with van der Waals surface area (Å²) in [6, 6.07) is 8.64. The first-order valence-corrected chi connectivity index (χ1v) is 6.83. The van der Waals surface area contributed by atoms with Crippen molar-refractivity contribution in [3.63, 3.8) is 0 Å². The predicted molar refractivity (Wildman–Crippen MR) is 80.1 cm³/mol. The van der Waals surface area contributed by atoms with Gasteiger partial charge >= 0.3 is 0 Å². The Morgan fingerprint density at radius 3 is 2.80 bits per heavy atom. The first kappa shape index (κ1) is 14.3. The molecule has 3 N–H and O–H groups in total. The molecule has 2 rings (SSSR count). The lowest BCUT2D eigenvalue weighted by Crippen LogP contribution is -2.32. The first-order valence-electron chi connectivity index (χ1n) is 6.83. The number of aromatic amines is 1. The number of rotatable bonds is 6. The van der Waals surface area contributed by atoms with Gasteiger partial charge in [0, 0.05) is 30.1 Å². The van der Waals surface area contributed by atoms with E-state index in [-0.39, 0.29) is 11.5 Å². The van der Waals surface area contributed by atoms with Gasteiger partial charge < -0.3 is 15.6 Å². The molecule has 0 saturated carbocycles. The Balaban J connectivity index is 2.11. The number of benzene rings is 1. The zero-order valence-electron chi connectivity index (χ0n) is 11.5. The topological polar surface area (TPSA) is 74.0 Å². The Bertz CT molecular complexity index is 649. The highest BCUT2D eigenvalue weighted by Crippen LogP contribution is 2.14. The maximum absolute atomic E-state index is 12.2. The number of aromatic nitrogens is 1. The fourth-order valence-electron chi connectivity index (χ4n) is 2.05. The standard InChI is InChI=1S/C15H19N3O2/c1-2-7-16-8-9-17-15(20)12-10-14(19)18-13-6-4-3-5-11(12)13/h3-6,10,16H,2,7-9H2,1H3,(H,17,20)(H,18,19). The lowest BCUT2D eigenvalue weighted by molar-refractivity contribution is 0.0955. The van der Waals surface area contributed by atoms with E-state index in [0.29, 0.717) is 17.6 Å². The van der Waals surface area contributed by atoms with E-state index < -0.39 is 0 Å². The average Bonchev–Trinajstić information content (AvgIpc) is 2.46. The van der Waals surface area contributed by atoms with E-state index in [2.05, 4.69) is 22.5 Å². The van der Waals surface area contributed by atoms with Crippen LogP contribution < -0.4 is 16.2 Å². The lowest BCUT2D eigenvalue weighted by atomic mass is 10.1. The molecule has 1 heterocycles. The van der Waals surface area contributed by atoms with Crippen LogP contribution in [0.1, 0.15) is 23.7 Å². The third-order valence-corrected chi connectivity index (χ3v) is 3.01. The summed E-state index contributed by atoms with van der Waals surface area (Å²) in [5.74, 6) is -0.217. The number of amides is 1. The van der Waals surface area contributed by atoms with Gasteiger partial charge in [-0.3, -0.25) is 9.59 Å². The second kappa shape index (κ2) is 6.86. The summed E-state index contributed by atoms with van der Waals surface area (Å²) >= 11 is 0. The van der Waals surface area contributed by atoms with Crippen LogP contribution >= 0.6 is 0 Å².